The number of benzene rings is 1. The first-order valence-electron chi connectivity index (χ1n) is 9.48. The van der Waals surface area contributed by atoms with E-state index in [1.807, 2.05) is 44.5 Å². The van der Waals surface area contributed by atoms with E-state index in [2.05, 4.69) is 35.4 Å². The zero-order valence-corrected chi connectivity index (χ0v) is 17.9. The molecule has 0 atom stereocenters. The van der Waals surface area contributed by atoms with E-state index in [1.54, 1.807) is 24.3 Å². The van der Waals surface area contributed by atoms with Crippen LogP contribution >= 0.6 is 11.8 Å². The smallest absolute Gasteiger partial charge is 0.241 e. The van der Waals surface area contributed by atoms with Crippen LogP contribution < -0.4 is 16.1 Å². The predicted molar refractivity (Wildman–Crippen MR) is 127 cm³/mol. The molecule has 1 radical (unpaired) electrons. The number of aliphatic imine (C=N–C) groups is 1. The second-order valence-electron chi connectivity index (χ2n) is 6.57. The summed E-state index contributed by atoms with van der Waals surface area (Å²) in [7, 11) is 1.89. The molecule has 1 aromatic rings. The first kappa shape index (κ1) is 23.2. The minimum atomic E-state index is -1.09. The molecule has 0 unspecified atom stereocenters. The average Bonchev–Trinajstić information content (AvgIpc) is 3.54. The van der Waals surface area contributed by atoms with Gasteiger partial charge >= 0.3 is 0 Å². The number of amides is 2. The molecule has 0 heterocycles. The molecule has 0 saturated heterocycles. The fourth-order valence-electron chi connectivity index (χ4n) is 2.59. The third kappa shape index (κ3) is 6.49. The molecule has 1 aromatic carbocycles. The van der Waals surface area contributed by atoms with E-state index in [-0.39, 0.29) is 11.8 Å². The molecular weight excluding hydrogens is 393 g/mol. The highest BCUT2D eigenvalue weighted by molar-refractivity contribution is 8.18. The average molecular weight is 418 g/mol. The molecule has 2 amide bonds. The van der Waals surface area contributed by atoms with Gasteiger partial charge < -0.3 is 10.6 Å². The molecule has 1 aliphatic rings. The first-order valence-corrected chi connectivity index (χ1v) is 10.3. The standard InChI is InChI=1S/C23H25BN3O2S/c1-5-8-14-19(6-2)26-20(28)23(15-16-23)21(29)27-22(25-7-3)30-17(4)24-18-12-10-9-11-13-18/h5-14H,1,3-4,15-16H2,2H3,(H,26,28)(H,25,27,29)/b14-8-,19-6+. The van der Waals surface area contributed by atoms with E-state index in [4.69, 9.17) is 0 Å². The van der Waals surface area contributed by atoms with Gasteiger partial charge in [-0.25, -0.2) is 4.99 Å². The molecule has 2 rings (SSSR count). The van der Waals surface area contributed by atoms with Crippen molar-refractivity contribution in [2.75, 3.05) is 0 Å². The maximum absolute atomic E-state index is 12.9. The van der Waals surface area contributed by atoms with Gasteiger partial charge in [-0.15, -0.1) is 0 Å². The van der Waals surface area contributed by atoms with E-state index in [1.165, 1.54) is 18.0 Å². The lowest BCUT2D eigenvalue weighted by Crippen LogP contribution is -2.44. The number of amidine groups is 1. The first-order chi connectivity index (χ1) is 14.4. The van der Waals surface area contributed by atoms with Gasteiger partial charge in [-0.2, -0.15) is 0 Å². The van der Waals surface area contributed by atoms with E-state index < -0.39 is 5.41 Å². The summed E-state index contributed by atoms with van der Waals surface area (Å²) in [4.78, 5) is 30.5. The summed E-state index contributed by atoms with van der Waals surface area (Å²) in [6, 6.07) is 9.71. The summed E-state index contributed by atoms with van der Waals surface area (Å²) in [6.07, 6.45) is 9.12. The fraction of sp³-hybridized carbons (Fsp3) is 0.174. The van der Waals surface area contributed by atoms with Gasteiger partial charge in [0.15, 0.2) is 12.4 Å². The zero-order valence-electron chi connectivity index (χ0n) is 17.1. The van der Waals surface area contributed by atoms with Gasteiger partial charge in [0.1, 0.15) is 5.41 Å². The van der Waals surface area contributed by atoms with Crippen LogP contribution in [0.1, 0.15) is 19.8 Å². The summed E-state index contributed by atoms with van der Waals surface area (Å²) in [6.45, 7) is 13.0. The molecule has 7 heteroatoms. The van der Waals surface area contributed by atoms with Crippen molar-refractivity contribution in [1.82, 2.24) is 10.6 Å². The fourth-order valence-corrected chi connectivity index (χ4v) is 3.30. The van der Waals surface area contributed by atoms with Crippen LogP contribution in [0.3, 0.4) is 0 Å². The molecule has 2 N–H and O–H groups in total. The molecule has 30 heavy (non-hydrogen) atoms. The highest BCUT2D eigenvalue weighted by Crippen LogP contribution is 2.46. The quantitative estimate of drug-likeness (QED) is 0.212. The Bertz CT molecular complexity index is 916. The molecule has 5 nitrogen and oxygen atoms in total. The Morgan fingerprint density at radius 2 is 1.83 bits per heavy atom. The van der Waals surface area contributed by atoms with E-state index in [9.17, 15) is 9.59 Å². The highest BCUT2D eigenvalue weighted by atomic mass is 32.2. The van der Waals surface area contributed by atoms with Gasteiger partial charge in [-0.1, -0.05) is 85.5 Å². The van der Waals surface area contributed by atoms with E-state index in [0.717, 1.165) is 5.46 Å². The molecule has 0 bridgehead atoms. The minimum absolute atomic E-state index is 0.323. The number of thioether (sulfide) groups is 1. The van der Waals surface area contributed by atoms with Gasteiger partial charge in [-0.3, -0.25) is 9.59 Å². The van der Waals surface area contributed by atoms with Crippen LogP contribution in [-0.2, 0) is 9.59 Å². The second kappa shape index (κ2) is 11.2. The largest absolute Gasteiger partial charge is 0.325 e. The van der Waals surface area contributed by atoms with Crippen molar-refractivity contribution in [3.8, 4) is 0 Å². The van der Waals surface area contributed by atoms with Gasteiger partial charge in [0.05, 0.1) is 0 Å². The van der Waals surface area contributed by atoms with E-state index in [0.29, 0.717) is 28.5 Å². The van der Waals surface area contributed by atoms with Crippen LogP contribution in [-0.4, -0.2) is 24.3 Å². The molecule has 0 aromatic heterocycles. The number of carbonyl (C=O) groups is 2. The van der Waals surface area contributed by atoms with Gasteiger partial charge in [-0.05, 0) is 30.6 Å². The van der Waals surface area contributed by atoms with Crippen molar-refractivity contribution in [2.45, 2.75) is 19.8 Å². The maximum atomic E-state index is 12.9. The molecule has 0 aliphatic heterocycles. The van der Waals surface area contributed by atoms with Crippen LogP contribution in [0.2, 0.25) is 0 Å². The highest BCUT2D eigenvalue weighted by Gasteiger charge is 2.56. The lowest BCUT2D eigenvalue weighted by molar-refractivity contribution is -0.135. The van der Waals surface area contributed by atoms with Crippen LogP contribution in [0.4, 0.5) is 0 Å². The third-order valence-corrected chi connectivity index (χ3v) is 5.16. The van der Waals surface area contributed by atoms with Crippen molar-refractivity contribution in [3.05, 3.63) is 91.1 Å². The van der Waals surface area contributed by atoms with Crippen molar-refractivity contribution < 1.29 is 9.59 Å². The van der Waals surface area contributed by atoms with Crippen LogP contribution in [0.15, 0.2) is 96.1 Å². The van der Waals surface area contributed by atoms with Gasteiger partial charge in [0, 0.05) is 11.9 Å². The topological polar surface area (TPSA) is 70.6 Å². The van der Waals surface area contributed by atoms with Crippen LogP contribution in [0.25, 0.3) is 0 Å². The van der Waals surface area contributed by atoms with Crippen LogP contribution in [0, 0.1) is 5.41 Å². The number of hydrogen-bond donors (Lipinski definition) is 2. The maximum Gasteiger partial charge on any atom is 0.241 e. The predicted octanol–water partition coefficient (Wildman–Crippen LogP) is 3.38. The summed E-state index contributed by atoms with van der Waals surface area (Å²) >= 11 is 1.21. The Morgan fingerprint density at radius 1 is 1.17 bits per heavy atom. The number of nitrogens with zero attached hydrogens (tertiary/aromatic N) is 1. The van der Waals surface area contributed by atoms with Crippen molar-refractivity contribution >= 4 is 41.5 Å². The molecule has 0 spiro atoms. The lowest BCUT2D eigenvalue weighted by atomic mass is 9.70. The Kier molecular flexibility index (Phi) is 8.68. The molecule has 1 fully saturated rings. The van der Waals surface area contributed by atoms with Gasteiger partial charge in [0.25, 0.3) is 0 Å². The summed E-state index contributed by atoms with van der Waals surface area (Å²) < 4.78 is 0. The SMILES string of the molecule is C=C/C=C\C(=C/C)NC(=O)C1(C(=O)NC(=NC=C)SC(=C)[B]c2ccccc2)CC1. The minimum Gasteiger partial charge on any atom is -0.325 e. The Balaban J connectivity index is 2.01. The summed E-state index contributed by atoms with van der Waals surface area (Å²) in [5, 5.41) is 5.88. The van der Waals surface area contributed by atoms with Crippen molar-refractivity contribution in [1.29, 1.82) is 0 Å². The zero-order chi connectivity index (χ0) is 22.0. The number of rotatable bonds is 9. The Morgan fingerprint density at radius 3 is 2.40 bits per heavy atom. The Hall–Kier alpha value is -3.06. The third-order valence-electron chi connectivity index (χ3n) is 4.38. The summed E-state index contributed by atoms with van der Waals surface area (Å²) in [5.74, 6) is -0.719. The number of allylic oxidation sites excluding steroid dienone is 4. The number of carbonyl (C=O) groups excluding carboxylic acids is 2. The summed E-state index contributed by atoms with van der Waals surface area (Å²) in [5.41, 5.74) is 0.506. The number of hydrogen-bond acceptors (Lipinski definition) is 4. The molecular formula is C23H25BN3O2S. The second-order valence-corrected chi connectivity index (χ2v) is 7.68. The van der Waals surface area contributed by atoms with E-state index >= 15 is 0 Å². The Labute approximate surface area is 183 Å². The van der Waals surface area contributed by atoms with Crippen molar-refractivity contribution in [3.63, 3.8) is 0 Å². The van der Waals surface area contributed by atoms with Gasteiger partial charge in [0.2, 0.25) is 11.8 Å². The normalized spacial score (nSPS) is 15.2. The van der Waals surface area contributed by atoms with Crippen molar-refractivity contribution in [2.24, 2.45) is 10.4 Å². The van der Waals surface area contributed by atoms with Crippen LogP contribution in [0.5, 0.6) is 0 Å². The molecule has 1 saturated carbocycles. The monoisotopic (exact) mass is 418 g/mol. The lowest BCUT2D eigenvalue weighted by Gasteiger charge is -2.17. The molecule has 1 aliphatic carbocycles. The number of nitrogens with one attached hydrogen (secondary N) is 2. The molecule has 153 valence electrons.